The van der Waals surface area contributed by atoms with E-state index in [-0.39, 0.29) is 0 Å². The molecule has 16 heavy (non-hydrogen) atoms. The van der Waals surface area contributed by atoms with Gasteiger partial charge in [-0.1, -0.05) is 11.8 Å². The Morgan fingerprint density at radius 1 is 1.62 bits per heavy atom. The maximum atomic E-state index is 5.31. The molecule has 0 spiro atoms. The zero-order chi connectivity index (χ0) is 11.2. The Kier molecular flexibility index (Phi) is 4.34. The quantitative estimate of drug-likeness (QED) is 0.876. The van der Waals surface area contributed by atoms with Crippen molar-refractivity contribution in [1.82, 2.24) is 5.32 Å². The molecular formula is C12H18N2OS. The molecule has 0 amide bonds. The number of hydrogen-bond acceptors (Lipinski definition) is 4. The largest absolute Gasteiger partial charge is 0.469 e. The molecule has 0 bridgehead atoms. The number of amidine groups is 1. The standard InChI is InChI=1S/C12H18N2OS/c1-10(5-6-11-4-2-8-15-11)14-12-13-7-3-9-16-12/h2,4,8,10H,3,5-7,9H2,1H3,(H,13,14). The van der Waals surface area contributed by atoms with Gasteiger partial charge >= 0.3 is 0 Å². The fraction of sp³-hybridized carbons (Fsp3) is 0.583. The van der Waals surface area contributed by atoms with Crippen LogP contribution < -0.4 is 5.32 Å². The van der Waals surface area contributed by atoms with Gasteiger partial charge in [0.05, 0.1) is 6.26 Å². The second-order valence-corrected chi connectivity index (χ2v) is 5.14. The fourth-order valence-corrected chi connectivity index (χ4v) is 2.58. The molecule has 88 valence electrons. The molecule has 2 heterocycles. The molecule has 0 saturated carbocycles. The summed E-state index contributed by atoms with van der Waals surface area (Å²) >= 11 is 1.83. The van der Waals surface area contributed by atoms with Crippen molar-refractivity contribution in [3.05, 3.63) is 24.2 Å². The normalized spacial score (nSPS) is 17.9. The molecule has 1 N–H and O–H groups in total. The van der Waals surface area contributed by atoms with E-state index in [0.717, 1.165) is 30.3 Å². The van der Waals surface area contributed by atoms with Crippen LogP contribution in [-0.2, 0) is 6.42 Å². The summed E-state index contributed by atoms with van der Waals surface area (Å²) in [7, 11) is 0. The predicted molar refractivity (Wildman–Crippen MR) is 69.0 cm³/mol. The van der Waals surface area contributed by atoms with Crippen LogP contribution in [0.3, 0.4) is 0 Å². The minimum absolute atomic E-state index is 0.453. The summed E-state index contributed by atoms with van der Waals surface area (Å²) in [5, 5.41) is 4.56. The Morgan fingerprint density at radius 3 is 3.25 bits per heavy atom. The Labute approximate surface area is 101 Å². The van der Waals surface area contributed by atoms with E-state index < -0.39 is 0 Å². The topological polar surface area (TPSA) is 37.5 Å². The third-order valence-electron chi connectivity index (χ3n) is 2.57. The Balaban J connectivity index is 1.71. The van der Waals surface area contributed by atoms with Crippen LogP contribution in [0.25, 0.3) is 0 Å². The van der Waals surface area contributed by atoms with E-state index in [9.17, 15) is 0 Å². The molecule has 0 radical (unpaired) electrons. The second kappa shape index (κ2) is 5.99. The van der Waals surface area contributed by atoms with Gasteiger partial charge in [-0.2, -0.15) is 0 Å². The van der Waals surface area contributed by atoms with Gasteiger partial charge in [0.2, 0.25) is 0 Å². The summed E-state index contributed by atoms with van der Waals surface area (Å²) in [6.45, 7) is 3.17. The number of nitrogens with one attached hydrogen (secondary N) is 1. The van der Waals surface area contributed by atoms with Gasteiger partial charge < -0.3 is 9.73 Å². The average Bonchev–Trinajstić information content (AvgIpc) is 2.81. The molecule has 0 aromatic carbocycles. The Hall–Kier alpha value is -0.900. The smallest absolute Gasteiger partial charge is 0.156 e. The Bertz CT molecular complexity index is 335. The van der Waals surface area contributed by atoms with Gasteiger partial charge in [0.25, 0.3) is 0 Å². The van der Waals surface area contributed by atoms with Gasteiger partial charge in [-0.3, -0.25) is 4.99 Å². The first-order valence-electron chi connectivity index (χ1n) is 5.81. The molecule has 0 saturated heterocycles. The van der Waals surface area contributed by atoms with E-state index >= 15 is 0 Å². The van der Waals surface area contributed by atoms with Crippen molar-refractivity contribution in [1.29, 1.82) is 0 Å². The van der Waals surface area contributed by atoms with Crippen LogP contribution in [0.1, 0.15) is 25.5 Å². The van der Waals surface area contributed by atoms with Gasteiger partial charge in [-0.15, -0.1) is 0 Å². The number of aliphatic imine (C=N–C) groups is 1. The van der Waals surface area contributed by atoms with Crippen molar-refractivity contribution in [3.63, 3.8) is 0 Å². The average molecular weight is 238 g/mol. The van der Waals surface area contributed by atoms with E-state index in [0.29, 0.717) is 6.04 Å². The zero-order valence-electron chi connectivity index (χ0n) is 9.61. The molecule has 1 atom stereocenters. The van der Waals surface area contributed by atoms with Crippen molar-refractivity contribution in [2.45, 2.75) is 32.2 Å². The van der Waals surface area contributed by atoms with E-state index in [2.05, 4.69) is 17.2 Å². The second-order valence-electron chi connectivity index (χ2n) is 4.05. The SMILES string of the molecule is CC(CCc1ccco1)NC1=NCCCS1. The molecule has 0 aliphatic carbocycles. The van der Waals surface area contributed by atoms with Crippen LogP contribution in [0.15, 0.2) is 27.8 Å². The lowest BCUT2D eigenvalue weighted by Gasteiger charge is -2.18. The van der Waals surface area contributed by atoms with Crippen LogP contribution in [0.5, 0.6) is 0 Å². The van der Waals surface area contributed by atoms with Crippen LogP contribution in [0.4, 0.5) is 0 Å². The van der Waals surface area contributed by atoms with E-state index in [1.165, 1.54) is 12.2 Å². The summed E-state index contributed by atoms with van der Waals surface area (Å²) < 4.78 is 5.31. The van der Waals surface area contributed by atoms with Gasteiger partial charge in [0.1, 0.15) is 5.76 Å². The van der Waals surface area contributed by atoms with Crippen molar-refractivity contribution in [2.24, 2.45) is 4.99 Å². The number of aryl methyl sites for hydroxylation is 1. The number of rotatable bonds is 4. The fourth-order valence-electron chi connectivity index (χ4n) is 1.64. The first kappa shape index (κ1) is 11.6. The monoisotopic (exact) mass is 238 g/mol. The lowest BCUT2D eigenvalue weighted by Crippen LogP contribution is -2.32. The van der Waals surface area contributed by atoms with Crippen molar-refractivity contribution < 1.29 is 4.42 Å². The minimum Gasteiger partial charge on any atom is -0.469 e. The van der Waals surface area contributed by atoms with Crippen molar-refractivity contribution in [3.8, 4) is 0 Å². The molecule has 3 nitrogen and oxygen atoms in total. The molecule has 1 unspecified atom stereocenters. The highest BCUT2D eigenvalue weighted by Crippen LogP contribution is 2.12. The lowest BCUT2D eigenvalue weighted by molar-refractivity contribution is 0.483. The molecule has 1 aliphatic heterocycles. The summed E-state index contributed by atoms with van der Waals surface area (Å²) in [5.74, 6) is 2.25. The summed E-state index contributed by atoms with van der Waals surface area (Å²) in [5.41, 5.74) is 0. The molecule has 0 fully saturated rings. The van der Waals surface area contributed by atoms with Gasteiger partial charge in [-0.05, 0) is 31.9 Å². The van der Waals surface area contributed by atoms with Crippen LogP contribution in [-0.4, -0.2) is 23.5 Å². The third kappa shape index (κ3) is 3.59. The molecular weight excluding hydrogens is 220 g/mol. The maximum Gasteiger partial charge on any atom is 0.156 e. The first-order valence-corrected chi connectivity index (χ1v) is 6.79. The van der Waals surface area contributed by atoms with Gasteiger partial charge in [0, 0.05) is 24.8 Å². The molecule has 1 aromatic heterocycles. The van der Waals surface area contributed by atoms with Crippen LogP contribution in [0, 0.1) is 0 Å². The number of furan rings is 1. The molecule has 2 rings (SSSR count). The van der Waals surface area contributed by atoms with E-state index in [1.807, 2.05) is 23.9 Å². The summed E-state index contributed by atoms with van der Waals surface area (Å²) in [6, 6.07) is 4.42. The molecule has 1 aromatic rings. The van der Waals surface area contributed by atoms with E-state index in [1.54, 1.807) is 6.26 Å². The summed E-state index contributed by atoms with van der Waals surface area (Å²) in [6.07, 6.45) is 5.00. The highest BCUT2D eigenvalue weighted by atomic mass is 32.2. The van der Waals surface area contributed by atoms with Crippen molar-refractivity contribution >= 4 is 16.9 Å². The van der Waals surface area contributed by atoms with Gasteiger partial charge in [0.15, 0.2) is 5.17 Å². The number of hydrogen-bond donors (Lipinski definition) is 1. The highest BCUT2D eigenvalue weighted by molar-refractivity contribution is 8.13. The number of nitrogens with zero attached hydrogens (tertiary/aromatic N) is 1. The van der Waals surface area contributed by atoms with Gasteiger partial charge in [-0.25, -0.2) is 0 Å². The highest BCUT2D eigenvalue weighted by Gasteiger charge is 2.09. The van der Waals surface area contributed by atoms with Crippen LogP contribution in [0.2, 0.25) is 0 Å². The predicted octanol–water partition coefficient (Wildman–Crippen LogP) is 2.68. The first-order chi connectivity index (χ1) is 7.84. The van der Waals surface area contributed by atoms with Crippen LogP contribution >= 0.6 is 11.8 Å². The lowest BCUT2D eigenvalue weighted by atomic mass is 10.1. The van der Waals surface area contributed by atoms with Crippen molar-refractivity contribution in [2.75, 3.05) is 12.3 Å². The number of thioether (sulfide) groups is 1. The minimum atomic E-state index is 0.453. The molecule has 4 heteroatoms. The summed E-state index contributed by atoms with van der Waals surface area (Å²) in [4.78, 5) is 4.46. The third-order valence-corrected chi connectivity index (χ3v) is 3.58. The zero-order valence-corrected chi connectivity index (χ0v) is 10.4. The molecule has 1 aliphatic rings. The van der Waals surface area contributed by atoms with E-state index in [4.69, 9.17) is 4.42 Å². The maximum absolute atomic E-state index is 5.31. The Morgan fingerprint density at radius 2 is 2.56 bits per heavy atom.